The number of allylic oxidation sites excluding steroid dienone is 8. The Morgan fingerprint density at radius 2 is 0.291 bits per heavy atom. The summed E-state index contributed by atoms with van der Waals surface area (Å²) in [5.74, 6) is 1.68. The van der Waals surface area contributed by atoms with Crippen molar-refractivity contribution in [3.63, 3.8) is 0 Å². The first-order valence-corrected chi connectivity index (χ1v) is 51.1. The largest absolute Gasteiger partial charge is 2.00 e. The van der Waals surface area contributed by atoms with Crippen LogP contribution < -0.4 is 0 Å². The molecule has 117 heavy (non-hydrogen) atoms. The average molecular weight is 1950 g/mol. The Kier molecular flexibility index (Phi) is 152. The molecule has 0 atom stereocenters. The minimum Gasteiger partial charge on any atom is -0.789 e. The molecule has 4 radical (unpaired) electrons. The molecule has 0 aliphatic rings. The van der Waals surface area contributed by atoms with E-state index in [1.807, 2.05) is 0 Å². The third-order valence-corrected chi connectivity index (χ3v) is 21.6. The summed E-state index contributed by atoms with van der Waals surface area (Å²) in [6.07, 6.45) is 117. The van der Waals surface area contributed by atoms with Crippen LogP contribution in [0.5, 0.6) is 0 Å². The van der Waals surface area contributed by atoms with E-state index in [-0.39, 0.29) is 100 Å². The van der Waals surface area contributed by atoms with Crippen molar-refractivity contribution >= 4 is 136 Å². The second-order valence-electron chi connectivity index (χ2n) is 32.1. The summed E-state index contributed by atoms with van der Waals surface area (Å²) in [5.41, 5.74) is 0. The molecule has 0 fully saturated rings. The molecule has 8 nitrogen and oxygen atoms in total. The Hall–Kier alpha value is 0.187. The minimum absolute atomic E-state index is 0. The van der Waals surface area contributed by atoms with Crippen LogP contribution in [-0.2, 0) is 88.6 Å². The SMILES string of the molecule is C.C.CCCCCCCC/C=C/CCCCCCCCCCCCC(=O)OCC[S-].CCCCCCCC/C=C/CCCCCCCCCCCCC(=O)OCC[S-].CCCCCCCC/C=C/CCCCCCCCCCCCC(=O)OCC[S-].CCCCCCCC/C=C/CCCCCCCCCCCCC(=O)OCC[S-].S.[Sn+2].[Sn+2]. The van der Waals surface area contributed by atoms with Crippen LogP contribution in [0.1, 0.15) is 531 Å². The van der Waals surface area contributed by atoms with Crippen molar-refractivity contribution in [3.8, 4) is 0 Å². The Bertz CT molecular complexity index is 1650. The number of carbonyl (C=O) groups is 4. The summed E-state index contributed by atoms with van der Waals surface area (Å²) in [7, 11) is 0. The van der Waals surface area contributed by atoms with Gasteiger partial charge in [-0.15, -0.1) is 23.0 Å². The Morgan fingerprint density at radius 3 is 0.402 bits per heavy atom. The number of hydrogen-bond acceptors (Lipinski definition) is 12. The number of unbranched alkanes of at least 4 members (excludes halogenated alkanes) is 64. The normalized spacial score (nSPS) is 10.9. The first-order chi connectivity index (χ1) is 55.2. The molecule has 0 amide bonds. The predicted octanol–water partition coefficient (Wildman–Crippen LogP) is 32.9. The molecule has 0 aromatic heterocycles. The molecule has 0 heterocycles. The van der Waals surface area contributed by atoms with Crippen LogP contribution >= 0.6 is 13.5 Å². The van der Waals surface area contributed by atoms with Crippen molar-refractivity contribution in [2.45, 2.75) is 531 Å². The molecule has 0 aromatic rings. The Morgan fingerprint density at radius 1 is 0.188 bits per heavy atom. The van der Waals surface area contributed by atoms with E-state index in [0.29, 0.717) is 75.1 Å². The zero-order valence-corrected chi connectivity index (χ0v) is 86.4. The fraction of sp³-hybridized carbons (Fsp3) is 0.882. The molecule has 15 heteroatoms. The maximum atomic E-state index is 11.3. The second-order valence-corrected chi connectivity index (χ2v) is 33.7. The zero-order valence-electron chi connectivity index (χ0n) is 76.4. The minimum atomic E-state index is -0.0814. The van der Waals surface area contributed by atoms with Gasteiger partial charge >= 0.3 is 71.7 Å². The molecule has 0 saturated heterocycles. The van der Waals surface area contributed by atoms with Crippen LogP contribution in [0.3, 0.4) is 0 Å². The van der Waals surface area contributed by atoms with Crippen LogP contribution in [0.4, 0.5) is 0 Å². The molecule has 0 N–H and O–H groups in total. The predicted molar refractivity (Wildman–Crippen MR) is 538 cm³/mol. The molecule has 0 unspecified atom stereocenters. The third-order valence-electron chi connectivity index (χ3n) is 21.0. The molecule has 0 aliphatic heterocycles. The average Bonchev–Trinajstić information content (AvgIpc) is 1.08. The van der Waals surface area contributed by atoms with Gasteiger partial charge in [-0.05, 0) is 128 Å². The van der Waals surface area contributed by atoms with E-state index in [4.69, 9.17) is 69.5 Å². The smallest absolute Gasteiger partial charge is 0.789 e. The zero-order chi connectivity index (χ0) is 82.2. The summed E-state index contributed by atoms with van der Waals surface area (Å²) >= 11 is 19.0. The number of hydrogen-bond donors (Lipinski definition) is 0. The van der Waals surface area contributed by atoms with Crippen molar-refractivity contribution in [1.82, 2.24) is 0 Å². The van der Waals surface area contributed by atoms with Gasteiger partial charge in [0.05, 0.1) is 26.4 Å². The molecular formula is C102H198O8S5Sn2. The molecule has 0 saturated carbocycles. The monoisotopic (exact) mass is 1950 g/mol. The fourth-order valence-corrected chi connectivity index (χ4v) is 14.1. The van der Waals surface area contributed by atoms with Gasteiger partial charge in [0.15, 0.2) is 0 Å². The first-order valence-electron chi connectivity index (χ1n) is 48.8. The maximum absolute atomic E-state index is 11.3. The van der Waals surface area contributed by atoms with E-state index in [1.54, 1.807) is 0 Å². The van der Waals surface area contributed by atoms with Crippen molar-refractivity contribution in [2.24, 2.45) is 0 Å². The Labute approximate surface area is 795 Å². The maximum Gasteiger partial charge on any atom is 2.00 e. The van der Waals surface area contributed by atoms with Crippen LogP contribution in [0, 0.1) is 0 Å². The molecule has 0 spiro atoms. The van der Waals surface area contributed by atoms with Crippen LogP contribution in [0.25, 0.3) is 0 Å². The molecule has 0 aliphatic carbocycles. The van der Waals surface area contributed by atoms with E-state index in [0.717, 1.165) is 51.4 Å². The number of carbonyl (C=O) groups excluding carboxylic acids is 4. The van der Waals surface area contributed by atoms with Crippen LogP contribution in [0.15, 0.2) is 48.6 Å². The topological polar surface area (TPSA) is 105 Å². The van der Waals surface area contributed by atoms with Crippen molar-refractivity contribution < 1.29 is 38.1 Å². The molecule has 0 rings (SSSR count). The van der Waals surface area contributed by atoms with Gasteiger partial charge in [-0.1, -0.05) is 425 Å². The quantitative estimate of drug-likeness (QED) is 0.0145. The number of rotatable bonds is 88. The van der Waals surface area contributed by atoms with E-state index in [2.05, 4.69) is 76.3 Å². The van der Waals surface area contributed by atoms with Gasteiger partial charge in [0.25, 0.3) is 0 Å². The summed E-state index contributed by atoms with van der Waals surface area (Å²) < 4.78 is 19.9. The van der Waals surface area contributed by atoms with Crippen LogP contribution in [0.2, 0.25) is 0 Å². The third kappa shape index (κ3) is 140. The second kappa shape index (κ2) is 132. The number of ether oxygens (including phenoxy) is 4. The molecule has 692 valence electrons. The Balaban J connectivity index is -0.000000187. The summed E-state index contributed by atoms with van der Waals surface area (Å²) in [5, 5.41) is 0. The molecule has 0 aromatic carbocycles. The van der Waals surface area contributed by atoms with Crippen molar-refractivity contribution in [1.29, 1.82) is 0 Å². The van der Waals surface area contributed by atoms with Crippen LogP contribution in [-0.4, -0.2) is 121 Å². The summed E-state index contributed by atoms with van der Waals surface area (Å²) in [4.78, 5) is 45.3. The first kappa shape index (κ1) is 135. The van der Waals surface area contributed by atoms with Gasteiger partial charge in [0, 0.05) is 25.7 Å². The fourth-order valence-electron chi connectivity index (χ4n) is 13.8. The standard InChI is InChI=1S/4C25H48O2S.2CH4.H2S.2Sn/c4*1-2-3-4-5-6-7-8-9-10-11-12-13-14-15-16-17-18-19-20-21-22-25(26)27-23-24-28;;;;;/h4*9-10,28H,2-8,11-24H2,1H3;2*1H4;1H2;;/q;;;;;;;2*+2/p-4/b4*10-9+;;;;;. The van der Waals surface area contributed by atoms with Crippen molar-refractivity contribution in [3.05, 3.63) is 48.6 Å². The van der Waals surface area contributed by atoms with Gasteiger partial charge in [-0.2, -0.15) is 13.5 Å². The van der Waals surface area contributed by atoms with E-state index < -0.39 is 0 Å². The van der Waals surface area contributed by atoms with Gasteiger partial charge in [0.1, 0.15) is 0 Å². The summed E-state index contributed by atoms with van der Waals surface area (Å²) in [6, 6.07) is 0. The molecule has 0 bridgehead atoms. The van der Waals surface area contributed by atoms with E-state index in [9.17, 15) is 19.2 Å². The summed E-state index contributed by atoms with van der Waals surface area (Å²) in [6.45, 7) is 10.7. The number of esters is 4. The van der Waals surface area contributed by atoms with Gasteiger partial charge in [-0.25, -0.2) is 0 Å². The van der Waals surface area contributed by atoms with E-state index in [1.165, 1.54) is 411 Å². The van der Waals surface area contributed by atoms with Gasteiger partial charge in [0.2, 0.25) is 0 Å². The van der Waals surface area contributed by atoms with Gasteiger partial charge < -0.3 is 69.5 Å². The molecular weight excluding hydrogens is 1750 g/mol. The van der Waals surface area contributed by atoms with E-state index >= 15 is 0 Å². The van der Waals surface area contributed by atoms with Crippen molar-refractivity contribution in [2.75, 3.05) is 49.4 Å². The van der Waals surface area contributed by atoms with Gasteiger partial charge in [-0.3, -0.25) is 19.2 Å².